The van der Waals surface area contributed by atoms with Gasteiger partial charge in [-0.1, -0.05) is 15.9 Å². The Labute approximate surface area is 298 Å². The number of nitrogens with zero attached hydrogens (tertiary/aromatic N) is 1. The summed E-state index contributed by atoms with van der Waals surface area (Å²) in [5.74, 6) is -6.21. The van der Waals surface area contributed by atoms with Crippen LogP contribution in [0, 0.1) is 0 Å². The molecular formula is C33H37BrN4O11S. The van der Waals surface area contributed by atoms with Crippen molar-refractivity contribution < 1.29 is 48.5 Å². The van der Waals surface area contributed by atoms with Gasteiger partial charge in [-0.05, 0) is 56.7 Å². The van der Waals surface area contributed by atoms with Crippen molar-refractivity contribution in [3.05, 3.63) is 74.0 Å². The van der Waals surface area contributed by atoms with Gasteiger partial charge in [-0.25, -0.2) is 9.59 Å². The predicted molar refractivity (Wildman–Crippen MR) is 189 cm³/mol. The number of rotatable bonds is 19. The lowest BCUT2D eigenvalue weighted by Crippen LogP contribution is -2.49. The van der Waals surface area contributed by atoms with E-state index in [1.807, 2.05) is 19.9 Å². The van der Waals surface area contributed by atoms with E-state index in [1.54, 1.807) is 18.2 Å². The van der Waals surface area contributed by atoms with E-state index in [9.17, 15) is 38.7 Å². The molecule has 3 aromatic rings. The standard InChI is InChI=1S/C33H37BrN4O11S/c1-3-38(4-2)19-7-5-17-11-21(33(48)49-26(17)13-19)27(14-25(39)20-8-6-18(31(44)45)12-22(20)34)50-16-24(30(43)36-15-29(41)42)37-28(40)10-9-23(35)32(46)47/h5-8,11-13,23-24,27H,3-4,9-10,14-16,35H2,1-2H3,(H,36,43)(H,37,40)(H,41,42)(H,44,45)(H,46,47). The van der Waals surface area contributed by atoms with Gasteiger partial charge in [-0.2, -0.15) is 11.8 Å². The summed E-state index contributed by atoms with van der Waals surface area (Å²) in [6, 6.07) is 8.10. The van der Waals surface area contributed by atoms with E-state index in [-0.39, 0.29) is 46.2 Å². The molecule has 0 radical (unpaired) electrons. The Bertz CT molecular complexity index is 1830. The van der Waals surface area contributed by atoms with Gasteiger partial charge in [-0.3, -0.25) is 24.0 Å². The third kappa shape index (κ3) is 10.9. The van der Waals surface area contributed by atoms with E-state index >= 15 is 0 Å². The summed E-state index contributed by atoms with van der Waals surface area (Å²) in [4.78, 5) is 88.5. The minimum atomic E-state index is -1.36. The molecule has 15 nitrogen and oxygen atoms in total. The van der Waals surface area contributed by atoms with Gasteiger partial charge in [0.25, 0.3) is 0 Å². The highest BCUT2D eigenvalue weighted by atomic mass is 79.9. The Kier molecular flexibility index (Phi) is 14.5. The van der Waals surface area contributed by atoms with Crippen LogP contribution < -0.4 is 26.9 Å². The van der Waals surface area contributed by atoms with Crippen LogP contribution in [0.2, 0.25) is 0 Å². The first-order valence-electron chi connectivity index (χ1n) is 15.4. The lowest BCUT2D eigenvalue weighted by Gasteiger charge is -2.22. The van der Waals surface area contributed by atoms with Crippen molar-refractivity contribution in [2.75, 3.05) is 30.3 Å². The van der Waals surface area contributed by atoms with Crippen LogP contribution in [0.3, 0.4) is 0 Å². The SMILES string of the molecule is CCN(CC)c1ccc2cc(C(CC(=O)c3ccc(C(=O)O)cc3Br)SCC(NC(=O)CCC(N)C(=O)O)C(=O)NCC(=O)O)c(=O)oc2c1. The van der Waals surface area contributed by atoms with Crippen molar-refractivity contribution in [1.29, 1.82) is 0 Å². The van der Waals surface area contributed by atoms with Gasteiger partial charge in [0.05, 0.1) is 11.1 Å². The third-order valence-corrected chi connectivity index (χ3v) is 9.64. The molecule has 3 unspecified atom stereocenters. The van der Waals surface area contributed by atoms with E-state index < -0.39 is 65.0 Å². The summed E-state index contributed by atoms with van der Waals surface area (Å²) in [5.41, 5.74) is 6.03. The Morgan fingerprint density at radius 3 is 2.30 bits per heavy atom. The fourth-order valence-electron chi connectivity index (χ4n) is 4.89. The molecule has 0 saturated heterocycles. The maximum atomic E-state index is 13.6. The maximum Gasteiger partial charge on any atom is 0.340 e. The summed E-state index contributed by atoms with van der Waals surface area (Å²) in [6.45, 7) is 4.66. The second-order valence-corrected chi connectivity index (χ2v) is 13.1. The molecule has 50 heavy (non-hydrogen) atoms. The number of halogens is 1. The average Bonchev–Trinajstić information content (AvgIpc) is 3.07. The van der Waals surface area contributed by atoms with Crippen LogP contribution in [0.25, 0.3) is 11.0 Å². The van der Waals surface area contributed by atoms with Crippen molar-refractivity contribution in [1.82, 2.24) is 10.6 Å². The number of fused-ring (bicyclic) bond motifs is 1. The highest BCUT2D eigenvalue weighted by Crippen LogP contribution is 2.35. The van der Waals surface area contributed by atoms with Gasteiger partial charge in [0, 0.05) is 64.1 Å². The summed E-state index contributed by atoms with van der Waals surface area (Å²) in [7, 11) is 0. The molecule has 3 atom stereocenters. The van der Waals surface area contributed by atoms with E-state index in [2.05, 4.69) is 31.5 Å². The van der Waals surface area contributed by atoms with Gasteiger partial charge < -0.3 is 41.0 Å². The number of ketones is 1. The molecule has 1 heterocycles. The van der Waals surface area contributed by atoms with Gasteiger partial charge in [0.15, 0.2) is 5.78 Å². The maximum absolute atomic E-state index is 13.6. The van der Waals surface area contributed by atoms with Crippen LogP contribution in [0.5, 0.6) is 0 Å². The number of Topliss-reactive ketones (excluding diaryl/α,β-unsaturated/α-hetero) is 1. The minimum absolute atomic E-state index is 0.0612. The third-order valence-electron chi connectivity index (χ3n) is 7.64. The number of thioether (sulfide) groups is 1. The number of carbonyl (C=O) groups excluding carboxylic acids is 3. The molecule has 0 fully saturated rings. The van der Waals surface area contributed by atoms with Crippen molar-refractivity contribution in [2.24, 2.45) is 5.73 Å². The van der Waals surface area contributed by atoms with Crippen LogP contribution in [-0.2, 0) is 19.2 Å². The van der Waals surface area contributed by atoms with Gasteiger partial charge in [0.1, 0.15) is 24.2 Å². The monoisotopic (exact) mass is 776 g/mol. The number of carbonyl (C=O) groups is 6. The molecule has 17 heteroatoms. The largest absolute Gasteiger partial charge is 0.480 e. The van der Waals surface area contributed by atoms with E-state index in [1.165, 1.54) is 18.2 Å². The first-order valence-corrected chi connectivity index (χ1v) is 17.3. The van der Waals surface area contributed by atoms with Crippen LogP contribution in [-0.4, -0.2) is 88.3 Å². The van der Waals surface area contributed by atoms with Crippen molar-refractivity contribution in [3.8, 4) is 0 Å². The Balaban J connectivity index is 2.00. The number of carboxylic acids is 3. The fraction of sp³-hybridized carbons (Fsp3) is 0.364. The van der Waals surface area contributed by atoms with E-state index in [0.29, 0.717) is 11.0 Å². The fourth-order valence-corrected chi connectivity index (χ4v) is 6.77. The second-order valence-electron chi connectivity index (χ2n) is 11.0. The molecule has 0 saturated carbocycles. The number of carboxylic acid groups (broad SMARTS) is 3. The molecule has 2 aromatic carbocycles. The topological polar surface area (TPSA) is 247 Å². The van der Waals surface area contributed by atoms with Crippen LogP contribution >= 0.6 is 27.7 Å². The number of nitrogens with two attached hydrogens (primary N) is 1. The number of benzene rings is 2. The summed E-state index contributed by atoms with van der Waals surface area (Å²) >= 11 is 4.19. The summed E-state index contributed by atoms with van der Waals surface area (Å²) in [6.07, 6.45) is -0.917. The molecule has 0 aliphatic heterocycles. The molecule has 1 aromatic heterocycles. The number of aliphatic carboxylic acids is 2. The lowest BCUT2D eigenvalue weighted by atomic mass is 10.0. The Morgan fingerprint density at radius 2 is 1.70 bits per heavy atom. The normalized spacial score (nSPS) is 12.8. The summed E-state index contributed by atoms with van der Waals surface area (Å²) in [5, 5.41) is 31.6. The molecule has 0 aliphatic rings. The highest BCUT2D eigenvalue weighted by molar-refractivity contribution is 9.10. The average molecular weight is 778 g/mol. The number of amides is 2. The Hall–Kier alpha value is -4.74. The van der Waals surface area contributed by atoms with Crippen molar-refractivity contribution in [2.45, 2.75) is 50.4 Å². The molecule has 2 amide bonds. The molecule has 268 valence electrons. The Morgan fingerprint density at radius 1 is 1.00 bits per heavy atom. The highest BCUT2D eigenvalue weighted by Gasteiger charge is 2.28. The minimum Gasteiger partial charge on any atom is -0.480 e. The zero-order valence-electron chi connectivity index (χ0n) is 27.1. The van der Waals surface area contributed by atoms with Crippen molar-refractivity contribution in [3.63, 3.8) is 0 Å². The zero-order chi connectivity index (χ0) is 37.1. The van der Waals surface area contributed by atoms with Crippen LogP contribution in [0.15, 0.2) is 56.1 Å². The molecule has 3 rings (SSSR count). The van der Waals surface area contributed by atoms with Crippen LogP contribution in [0.4, 0.5) is 5.69 Å². The molecule has 0 bridgehead atoms. The summed E-state index contributed by atoms with van der Waals surface area (Å²) < 4.78 is 5.92. The van der Waals surface area contributed by atoms with Crippen molar-refractivity contribution >= 4 is 79.9 Å². The number of hydrogen-bond acceptors (Lipinski definition) is 11. The quantitative estimate of drug-likeness (QED) is 0.0757. The number of nitrogens with one attached hydrogen (secondary N) is 2. The number of anilines is 1. The molecular weight excluding hydrogens is 740 g/mol. The van der Waals surface area contributed by atoms with Gasteiger partial charge in [0.2, 0.25) is 11.8 Å². The number of hydrogen-bond donors (Lipinski definition) is 6. The molecule has 0 aliphatic carbocycles. The lowest BCUT2D eigenvalue weighted by molar-refractivity contribution is -0.139. The first-order chi connectivity index (χ1) is 23.6. The van der Waals surface area contributed by atoms with Gasteiger partial charge in [-0.15, -0.1) is 0 Å². The van der Waals surface area contributed by atoms with Gasteiger partial charge >= 0.3 is 23.5 Å². The number of aromatic carboxylic acids is 1. The smallest absolute Gasteiger partial charge is 0.340 e. The van der Waals surface area contributed by atoms with E-state index in [4.69, 9.17) is 20.4 Å². The van der Waals surface area contributed by atoms with Crippen LogP contribution in [0.1, 0.15) is 64.6 Å². The zero-order valence-corrected chi connectivity index (χ0v) is 29.5. The molecule has 7 N–H and O–H groups in total. The first kappa shape index (κ1) is 39.7. The van der Waals surface area contributed by atoms with E-state index in [0.717, 1.165) is 30.5 Å². The predicted octanol–water partition coefficient (Wildman–Crippen LogP) is 3.02. The second kappa shape index (κ2) is 18.3. The molecule has 0 spiro atoms.